The average Bonchev–Trinajstić information content (AvgIpc) is 3.09. The monoisotopic (exact) mass is 399 g/mol. The number of carbonyl (C=O) groups excluding carboxylic acids is 1. The van der Waals surface area contributed by atoms with Crippen LogP contribution < -0.4 is 0 Å². The van der Waals surface area contributed by atoms with Gasteiger partial charge in [0, 0.05) is 24.7 Å². The fraction of sp³-hybridized carbons (Fsp3) is 0.409. The van der Waals surface area contributed by atoms with E-state index in [4.69, 9.17) is 0 Å². The molecular weight excluding hydrogens is 374 g/mol. The molecule has 2 aliphatic rings. The second kappa shape index (κ2) is 7.43. The molecule has 2 heterocycles. The van der Waals surface area contributed by atoms with Crippen molar-refractivity contribution in [3.63, 3.8) is 0 Å². The highest BCUT2D eigenvalue weighted by atomic mass is 32.2. The molecule has 2 saturated heterocycles. The first-order valence-corrected chi connectivity index (χ1v) is 11.5. The third-order valence-electron chi connectivity index (χ3n) is 6.15. The lowest BCUT2D eigenvalue weighted by atomic mass is 9.72. The first-order valence-electron chi connectivity index (χ1n) is 9.71. The lowest BCUT2D eigenvalue weighted by Gasteiger charge is -2.46. The Kier molecular flexibility index (Phi) is 5.12. The Labute approximate surface area is 165 Å². The molecule has 4 rings (SSSR count). The van der Waals surface area contributed by atoms with Crippen molar-refractivity contribution in [2.24, 2.45) is 5.92 Å². The summed E-state index contributed by atoms with van der Waals surface area (Å²) in [5.74, 6) is -0.399. The molecule has 0 unspecified atom stereocenters. The van der Waals surface area contributed by atoms with E-state index in [-0.39, 0.29) is 23.3 Å². The fourth-order valence-electron chi connectivity index (χ4n) is 4.54. The van der Waals surface area contributed by atoms with Gasteiger partial charge in [0.25, 0.3) is 0 Å². The second-order valence-corrected chi connectivity index (χ2v) is 10.1. The van der Waals surface area contributed by atoms with Crippen LogP contribution in [0.1, 0.15) is 28.8 Å². The van der Waals surface area contributed by atoms with Crippen molar-refractivity contribution < 1.29 is 18.3 Å². The number of hydrogen-bond donors (Lipinski definition) is 1. The number of aliphatic hydroxyl groups is 1. The number of rotatable bonds is 4. The van der Waals surface area contributed by atoms with Gasteiger partial charge >= 0.3 is 0 Å². The number of nitrogens with zero attached hydrogens (tertiary/aromatic N) is 1. The maximum absolute atomic E-state index is 13.4. The third kappa shape index (κ3) is 3.64. The zero-order valence-corrected chi connectivity index (χ0v) is 16.5. The number of likely N-dealkylation sites (tertiary alicyclic amines) is 1. The SMILES string of the molecule is O=C(c1ccccc1)[C@@H]1CN([C@H]2CCS(=O)(=O)C2)CC[C@]1(O)c1ccccc1. The van der Waals surface area contributed by atoms with Gasteiger partial charge in [0.15, 0.2) is 15.6 Å². The molecule has 1 N–H and O–H groups in total. The molecule has 2 aromatic rings. The molecule has 2 aliphatic heterocycles. The van der Waals surface area contributed by atoms with Crippen LogP contribution in [0, 0.1) is 5.92 Å². The number of carbonyl (C=O) groups is 1. The van der Waals surface area contributed by atoms with Gasteiger partial charge < -0.3 is 5.11 Å². The van der Waals surface area contributed by atoms with Crippen LogP contribution in [0.2, 0.25) is 0 Å². The molecule has 5 nitrogen and oxygen atoms in total. The maximum Gasteiger partial charge on any atom is 0.170 e. The molecule has 0 bridgehead atoms. The van der Waals surface area contributed by atoms with E-state index in [0.29, 0.717) is 31.5 Å². The fourth-order valence-corrected chi connectivity index (χ4v) is 6.30. The predicted octanol–water partition coefficient (Wildman–Crippen LogP) is 2.27. The molecule has 0 radical (unpaired) electrons. The largest absolute Gasteiger partial charge is 0.384 e. The Hall–Kier alpha value is -2.02. The highest BCUT2D eigenvalue weighted by Gasteiger charge is 2.48. The highest BCUT2D eigenvalue weighted by Crippen LogP contribution is 2.40. The molecule has 0 amide bonds. The summed E-state index contributed by atoms with van der Waals surface area (Å²) in [7, 11) is -3.00. The van der Waals surface area contributed by atoms with Gasteiger partial charge in [-0.15, -0.1) is 0 Å². The summed E-state index contributed by atoms with van der Waals surface area (Å²) in [6, 6.07) is 18.3. The Morgan fingerprint density at radius 3 is 2.29 bits per heavy atom. The van der Waals surface area contributed by atoms with Crippen LogP contribution in [0.25, 0.3) is 0 Å². The van der Waals surface area contributed by atoms with Gasteiger partial charge in [-0.1, -0.05) is 60.7 Å². The second-order valence-electron chi connectivity index (χ2n) is 7.87. The molecule has 0 spiro atoms. The number of ketones is 1. The summed E-state index contributed by atoms with van der Waals surface area (Å²) < 4.78 is 23.9. The third-order valence-corrected chi connectivity index (χ3v) is 7.90. The van der Waals surface area contributed by atoms with Gasteiger partial charge in [-0.3, -0.25) is 9.69 Å². The molecule has 6 heteroatoms. The normalized spacial score (nSPS) is 30.2. The summed E-state index contributed by atoms with van der Waals surface area (Å²) in [6.07, 6.45) is 0.995. The van der Waals surface area contributed by atoms with Crippen LogP contribution in [-0.2, 0) is 15.4 Å². The zero-order chi connectivity index (χ0) is 19.8. The minimum atomic E-state index is -3.00. The van der Waals surface area contributed by atoms with Gasteiger partial charge in [0.1, 0.15) is 5.60 Å². The number of sulfone groups is 1. The first-order chi connectivity index (χ1) is 13.4. The van der Waals surface area contributed by atoms with Crippen LogP contribution in [-0.4, -0.2) is 54.8 Å². The molecule has 2 aromatic carbocycles. The predicted molar refractivity (Wildman–Crippen MR) is 108 cm³/mol. The van der Waals surface area contributed by atoms with Crippen molar-refractivity contribution >= 4 is 15.6 Å². The quantitative estimate of drug-likeness (QED) is 0.799. The maximum atomic E-state index is 13.4. The molecule has 28 heavy (non-hydrogen) atoms. The lowest BCUT2D eigenvalue weighted by Crippen LogP contribution is -2.55. The Balaban J connectivity index is 1.67. The van der Waals surface area contributed by atoms with E-state index in [2.05, 4.69) is 4.90 Å². The summed E-state index contributed by atoms with van der Waals surface area (Å²) in [4.78, 5) is 15.5. The van der Waals surface area contributed by atoms with Gasteiger partial charge in [-0.05, 0) is 18.4 Å². The van der Waals surface area contributed by atoms with E-state index in [1.54, 1.807) is 12.1 Å². The zero-order valence-electron chi connectivity index (χ0n) is 15.7. The van der Waals surface area contributed by atoms with Crippen molar-refractivity contribution in [2.45, 2.75) is 24.5 Å². The van der Waals surface area contributed by atoms with Crippen LogP contribution in [0.3, 0.4) is 0 Å². The van der Waals surface area contributed by atoms with Crippen molar-refractivity contribution in [3.8, 4) is 0 Å². The summed E-state index contributed by atoms with van der Waals surface area (Å²) in [6.45, 7) is 0.934. The van der Waals surface area contributed by atoms with Gasteiger partial charge in [0.05, 0.1) is 17.4 Å². The molecule has 2 fully saturated rings. The summed E-state index contributed by atoms with van der Waals surface area (Å²) in [5.41, 5.74) is 0.0491. The first kappa shape index (κ1) is 19.3. The Morgan fingerprint density at radius 2 is 1.68 bits per heavy atom. The molecule has 0 aromatic heterocycles. The number of hydrogen-bond acceptors (Lipinski definition) is 5. The lowest BCUT2D eigenvalue weighted by molar-refractivity contribution is -0.0704. The van der Waals surface area contributed by atoms with Crippen LogP contribution >= 0.6 is 0 Å². The molecule has 3 atom stereocenters. The minimum Gasteiger partial charge on any atom is -0.384 e. The number of piperidine rings is 1. The van der Waals surface area contributed by atoms with Crippen LogP contribution in [0.4, 0.5) is 0 Å². The van der Waals surface area contributed by atoms with Crippen LogP contribution in [0.5, 0.6) is 0 Å². The van der Waals surface area contributed by atoms with Gasteiger partial charge in [-0.2, -0.15) is 0 Å². The van der Waals surface area contributed by atoms with E-state index in [1.807, 2.05) is 48.5 Å². The Bertz CT molecular complexity index is 945. The number of Topliss-reactive ketones (excluding diaryl/α,β-unsaturated/α-hetero) is 1. The smallest absolute Gasteiger partial charge is 0.170 e. The standard InChI is InChI=1S/C22H25NO4S/c24-21(17-7-3-1-4-8-17)20-15-23(19-11-14-28(26,27)16-19)13-12-22(20,25)18-9-5-2-6-10-18/h1-10,19-20,25H,11-16H2/t19-,20-,22-/m0/s1. The average molecular weight is 400 g/mol. The van der Waals surface area contributed by atoms with Crippen molar-refractivity contribution in [3.05, 3.63) is 71.8 Å². The number of benzene rings is 2. The molecule has 148 valence electrons. The van der Waals surface area contributed by atoms with E-state index >= 15 is 0 Å². The van der Waals surface area contributed by atoms with Crippen molar-refractivity contribution in [1.29, 1.82) is 0 Å². The minimum absolute atomic E-state index is 0.0728. The topological polar surface area (TPSA) is 74.7 Å². The highest BCUT2D eigenvalue weighted by molar-refractivity contribution is 7.91. The summed E-state index contributed by atoms with van der Waals surface area (Å²) in [5, 5.41) is 11.6. The van der Waals surface area contributed by atoms with Gasteiger partial charge in [0.2, 0.25) is 0 Å². The molecular formula is C22H25NO4S. The van der Waals surface area contributed by atoms with E-state index < -0.39 is 21.4 Å². The van der Waals surface area contributed by atoms with E-state index in [0.717, 1.165) is 5.56 Å². The van der Waals surface area contributed by atoms with E-state index in [9.17, 15) is 18.3 Å². The molecule has 0 aliphatic carbocycles. The van der Waals surface area contributed by atoms with Crippen molar-refractivity contribution in [1.82, 2.24) is 4.90 Å². The van der Waals surface area contributed by atoms with Crippen LogP contribution in [0.15, 0.2) is 60.7 Å². The summed E-state index contributed by atoms with van der Waals surface area (Å²) >= 11 is 0. The van der Waals surface area contributed by atoms with Crippen molar-refractivity contribution in [2.75, 3.05) is 24.6 Å². The molecule has 0 saturated carbocycles. The van der Waals surface area contributed by atoms with Gasteiger partial charge in [-0.25, -0.2) is 8.42 Å². The Morgan fingerprint density at radius 1 is 1.04 bits per heavy atom. The van der Waals surface area contributed by atoms with E-state index in [1.165, 1.54) is 0 Å².